The summed E-state index contributed by atoms with van der Waals surface area (Å²) >= 11 is 0. The molecule has 2 aromatic heterocycles. The maximum absolute atomic E-state index is 5.51. The number of imidazole rings is 1. The molecule has 2 aromatic rings. The van der Waals surface area contributed by atoms with Gasteiger partial charge in [-0.05, 0) is 38.0 Å². The molecule has 0 unspecified atom stereocenters. The summed E-state index contributed by atoms with van der Waals surface area (Å²) in [5, 5.41) is 0. The van der Waals surface area contributed by atoms with Gasteiger partial charge in [-0.15, -0.1) is 0 Å². The van der Waals surface area contributed by atoms with E-state index in [2.05, 4.69) is 24.2 Å². The van der Waals surface area contributed by atoms with Crippen LogP contribution in [0, 0.1) is 13.8 Å². The smallest absolute Gasteiger partial charge is 0.140 e. The van der Waals surface area contributed by atoms with Gasteiger partial charge in [0, 0.05) is 6.20 Å². The molecule has 0 radical (unpaired) electrons. The third-order valence-corrected chi connectivity index (χ3v) is 2.92. The summed E-state index contributed by atoms with van der Waals surface area (Å²) in [5.41, 5.74) is 4.97. The van der Waals surface area contributed by atoms with E-state index in [4.69, 9.17) is 4.74 Å². The van der Waals surface area contributed by atoms with Gasteiger partial charge >= 0.3 is 0 Å². The monoisotopic (exact) mass is 242 g/mol. The van der Waals surface area contributed by atoms with Crippen LogP contribution in [0.1, 0.15) is 29.4 Å². The molecule has 3 heteroatoms. The number of rotatable bonds is 4. The molecule has 0 saturated carbocycles. The number of hydrogen-bond acceptors (Lipinski definition) is 2. The fourth-order valence-corrected chi connectivity index (χ4v) is 2.14. The number of fused-ring (bicyclic) bond motifs is 1. The van der Waals surface area contributed by atoms with E-state index in [1.165, 1.54) is 0 Å². The van der Waals surface area contributed by atoms with E-state index in [-0.39, 0.29) is 0 Å². The number of hydrogen-bond donors (Lipinski definition) is 0. The van der Waals surface area contributed by atoms with E-state index in [0.29, 0.717) is 12.4 Å². The summed E-state index contributed by atoms with van der Waals surface area (Å²) < 4.78 is 7.53. The first-order chi connectivity index (χ1) is 8.58. The van der Waals surface area contributed by atoms with E-state index in [1.807, 2.05) is 37.4 Å². The van der Waals surface area contributed by atoms with Crippen LogP contribution in [-0.4, -0.2) is 16.0 Å². The standard InChI is InChI=1S/C15H18N2O/c1-6-13-8-10(3)15-16-11(4)14(17(15)9-13)12(5)18-7-2/h6,8-9H,1,5,7H2,2-4H3. The highest BCUT2D eigenvalue weighted by Gasteiger charge is 2.14. The summed E-state index contributed by atoms with van der Waals surface area (Å²) in [5.74, 6) is 0.656. The SMILES string of the molecule is C=Cc1cc(C)c2nc(C)c(C(=C)OCC)n2c1. The lowest BCUT2D eigenvalue weighted by atomic mass is 10.2. The first kappa shape index (κ1) is 12.4. The minimum atomic E-state index is 0.603. The van der Waals surface area contributed by atoms with E-state index in [1.54, 1.807) is 0 Å². The Morgan fingerprint density at radius 3 is 2.83 bits per heavy atom. The number of aryl methyl sites for hydroxylation is 2. The predicted molar refractivity (Wildman–Crippen MR) is 75.4 cm³/mol. The molecule has 0 spiro atoms. The van der Waals surface area contributed by atoms with Crippen LogP contribution in [0.5, 0.6) is 0 Å². The maximum Gasteiger partial charge on any atom is 0.140 e. The number of aromatic nitrogens is 2. The average molecular weight is 242 g/mol. The lowest BCUT2D eigenvalue weighted by Crippen LogP contribution is -1.98. The zero-order valence-corrected chi connectivity index (χ0v) is 11.2. The molecule has 3 nitrogen and oxygen atoms in total. The summed E-state index contributed by atoms with van der Waals surface area (Å²) in [6.45, 7) is 14.4. The average Bonchev–Trinajstić information content (AvgIpc) is 2.66. The van der Waals surface area contributed by atoms with Crippen LogP contribution in [0.2, 0.25) is 0 Å². The Morgan fingerprint density at radius 2 is 2.22 bits per heavy atom. The number of pyridine rings is 1. The van der Waals surface area contributed by atoms with E-state index < -0.39 is 0 Å². The Hall–Kier alpha value is -2.03. The van der Waals surface area contributed by atoms with Crippen molar-refractivity contribution in [1.82, 2.24) is 9.38 Å². The molecule has 2 heterocycles. The molecule has 0 atom stereocenters. The van der Waals surface area contributed by atoms with Gasteiger partial charge in [0.1, 0.15) is 17.1 Å². The minimum absolute atomic E-state index is 0.603. The van der Waals surface area contributed by atoms with Gasteiger partial charge in [-0.1, -0.05) is 19.2 Å². The van der Waals surface area contributed by atoms with Crippen LogP contribution in [-0.2, 0) is 4.74 Å². The molecular formula is C15H18N2O. The largest absolute Gasteiger partial charge is 0.492 e. The van der Waals surface area contributed by atoms with Crippen molar-refractivity contribution in [3.8, 4) is 0 Å². The van der Waals surface area contributed by atoms with Gasteiger partial charge in [0.15, 0.2) is 0 Å². The first-order valence-electron chi connectivity index (χ1n) is 6.02. The normalized spacial score (nSPS) is 10.6. The van der Waals surface area contributed by atoms with Crippen molar-refractivity contribution in [1.29, 1.82) is 0 Å². The van der Waals surface area contributed by atoms with Gasteiger partial charge in [-0.3, -0.25) is 4.40 Å². The van der Waals surface area contributed by atoms with Gasteiger partial charge < -0.3 is 4.74 Å². The van der Waals surface area contributed by atoms with E-state index in [0.717, 1.165) is 28.2 Å². The van der Waals surface area contributed by atoms with Crippen molar-refractivity contribution in [3.63, 3.8) is 0 Å². The van der Waals surface area contributed by atoms with Gasteiger partial charge in [0.25, 0.3) is 0 Å². The summed E-state index contributed by atoms with van der Waals surface area (Å²) in [4.78, 5) is 4.58. The van der Waals surface area contributed by atoms with Crippen LogP contribution in [0.15, 0.2) is 25.4 Å². The molecule has 0 saturated heterocycles. The van der Waals surface area contributed by atoms with Crippen molar-refractivity contribution in [2.45, 2.75) is 20.8 Å². The third-order valence-electron chi connectivity index (χ3n) is 2.92. The fourth-order valence-electron chi connectivity index (χ4n) is 2.14. The second-order valence-corrected chi connectivity index (χ2v) is 4.26. The fraction of sp³-hybridized carbons (Fsp3) is 0.267. The molecule has 0 bridgehead atoms. The number of nitrogens with zero attached hydrogens (tertiary/aromatic N) is 2. The molecule has 0 amide bonds. The lowest BCUT2D eigenvalue weighted by molar-refractivity contribution is 0.297. The van der Waals surface area contributed by atoms with Gasteiger partial charge in [0.2, 0.25) is 0 Å². The summed E-state index contributed by atoms with van der Waals surface area (Å²) in [6, 6.07) is 2.07. The Kier molecular flexibility index (Phi) is 3.24. The molecule has 94 valence electrons. The van der Waals surface area contributed by atoms with Crippen molar-refractivity contribution < 1.29 is 4.74 Å². The van der Waals surface area contributed by atoms with Crippen molar-refractivity contribution in [3.05, 3.63) is 47.9 Å². The summed E-state index contributed by atoms with van der Waals surface area (Å²) in [7, 11) is 0. The molecule has 0 fully saturated rings. The van der Waals surface area contributed by atoms with Gasteiger partial charge in [-0.2, -0.15) is 0 Å². The number of ether oxygens (including phenoxy) is 1. The van der Waals surface area contributed by atoms with Crippen LogP contribution in [0.3, 0.4) is 0 Å². The van der Waals surface area contributed by atoms with Crippen LogP contribution < -0.4 is 0 Å². The van der Waals surface area contributed by atoms with E-state index in [9.17, 15) is 0 Å². The van der Waals surface area contributed by atoms with Crippen LogP contribution in [0.25, 0.3) is 17.5 Å². The van der Waals surface area contributed by atoms with Gasteiger partial charge in [0.05, 0.1) is 12.3 Å². The molecule has 18 heavy (non-hydrogen) atoms. The molecular weight excluding hydrogens is 224 g/mol. The van der Waals surface area contributed by atoms with Crippen LogP contribution >= 0.6 is 0 Å². The Balaban J connectivity index is 2.72. The maximum atomic E-state index is 5.51. The Morgan fingerprint density at radius 1 is 1.50 bits per heavy atom. The molecule has 0 aliphatic rings. The zero-order chi connectivity index (χ0) is 13.3. The third kappa shape index (κ3) is 1.92. The second kappa shape index (κ2) is 4.69. The molecule has 0 aliphatic carbocycles. The predicted octanol–water partition coefficient (Wildman–Crippen LogP) is 3.60. The molecule has 0 aromatic carbocycles. The molecule has 0 N–H and O–H groups in total. The topological polar surface area (TPSA) is 26.5 Å². The first-order valence-corrected chi connectivity index (χ1v) is 6.02. The van der Waals surface area contributed by atoms with Crippen molar-refractivity contribution in [2.24, 2.45) is 0 Å². The quantitative estimate of drug-likeness (QED) is 0.766. The van der Waals surface area contributed by atoms with Crippen LogP contribution in [0.4, 0.5) is 0 Å². The highest BCUT2D eigenvalue weighted by atomic mass is 16.5. The minimum Gasteiger partial charge on any atom is -0.492 e. The highest BCUT2D eigenvalue weighted by Crippen LogP contribution is 2.23. The lowest BCUT2D eigenvalue weighted by Gasteiger charge is -2.09. The molecule has 2 rings (SSSR count). The summed E-state index contributed by atoms with van der Waals surface area (Å²) in [6.07, 6.45) is 3.84. The second-order valence-electron chi connectivity index (χ2n) is 4.26. The van der Waals surface area contributed by atoms with Gasteiger partial charge in [-0.25, -0.2) is 4.98 Å². The van der Waals surface area contributed by atoms with Crippen molar-refractivity contribution in [2.75, 3.05) is 6.61 Å². The Labute approximate surface area is 107 Å². The Bertz CT molecular complexity index is 623. The van der Waals surface area contributed by atoms with E-state index >= 15 is 0 Å². The zero-order valence-electron chi connectivity index (χ0n) is 11.2. The highest BCUT2D eigenvalue weighted by molar-refractivity contribution is 5.65. The van der Waals surface area contributed by atoms with Crippen molar-refractivity contribution >= 4 is 17.5 Å². The molecule has 0 aliphatic heterocycles.